The van der Waals surface area contributed by atoms with E-state index in [1.54, 1.807) is 0 Å². The summed E-state index contributed by atoms with van der Waals surface area (Å²) in [6, 6.07) is 11.3. The summed E-state index contributed by atoms with van der Waals surface area (Å²) < 4.78 is 0. The molecule has 0 bridgehead atoms. The molecule has 1 unspecified atom stereocenters. The van der Waals surface area contributed by atoms with Crippen molar-refractivity contribution in [2.75, 3.05) is 6.54 Å². The molecule has 0 spiro atoms. The van der Waals surface area contributed by atoms with E-state index in [9.17, 15) is 0 Å². The Balaban J connectivity index is 1.80. The molecule has 1 atom stereocenters. The van der Waals surface area contributed by atoms with Gasteiger partial charge in [0.05, 0.1) is 0 Å². The third-order valence-corrected chi connectivity index (χ3v) is 3.70. The van der Waals surface area contributed by atoms with Gasteiger partial charge in [0.1, 0.15) is 0 Å². The van der Waals surface area contributed by atoms with E-state index in [1.807, 2.05) is 6.08 Å². The van der Waals surface area contributed by atoms with E-state index in [4.69, 9.17) is 0 Å². The third kappa shape index (κ3) is 4.01. The molecule has 1 fully saturated rings. The molecule has 0 aromatic heterocycles. The number of rotatable bonds is 7. The Kier molecular flexibility index (Phi) is 4.81. The van der Waals surface area contributed by atoms with E-state index in [-0.39, 0.29) is 0 Å². The second-order valence-electron chi connectivity index (χ2n) is 5.12. The zero-order valence-corrected chi connectivity index (χ0v) is 10.6. The second kappa shape index (κ2) is 6.61. The Labute approximate surface area is 105 Å². The Morgan fingerprint density at radius 3 is 2.65 bits per heavy atom. The number of hydrogen-bond acceptors (Lipinski definition) is 1. The van der Waals surface area contributed by atoms with Crippen LogP contribution in [0.4, 0.5) is 0 Å². The zero-order chi connectivity index (χ0) is 11.9. The van der Waals surface area contributed by atoms with Crippen molar-refractivity contribution in [3.8, 4) is 0 Å². The molecule has 1 nitrogen and oxygen atoms in total. The van der Waals surface area contributed by atoms with Gasteiger partial charge in [0.2, 0.25) is 0 Å². The first kappa shape index (κ1) is 12.4. The van der Waals surface area contributed by atoms with Crippen LogP contribution in [0.2, 0.25) is 0 Å². The smallest absolute Gasteiger partial charge is 0.0142 e. The van der Waals surface area contributed by atoms with E-state index >= 15 is 0 Å². The molecule has 0 radical (unpaired) electrons. The first-order chi connectivity index (χ1) is 8.38. The average molecular weight is 229 g/mol. The minimum absolute atomic E-state index is 0.551. The van der Waals surface area contributed by atoms with Crippen LogP contribution >= 0.6 is 0 Å². The van der Waals surface area contributed by atoms with Gasteiger partial charge in [0.15, 0.2) is 0 Å². The van der Waals surface area contributed by atoms with E-state index in [2.05, 4.69) is 42.2 Å². The normalized spacial score (nSPS) is 17.4. The monoisotopic (exact) mass is 229 g/mol. The van der Waals surface area contributed by atoms with Crippen LogP contribution in [0.25, 0.3) is 0 Å². The van der Waals surface area contributed by atoms with E-state index in [1.165, 1.54) is 31.4 Å². The molecular weight excluding hydrogens is 206 g/mol. The summed E-state index contributed by atoms with van der Waals surface area (Å²) in [6.45, 7) is 5.05. The van der Waals surface area contributed by atoms with Crippen LogP contribution in [0.1, 0.15) is 31.2 Å². The molecular formula is C16H23N. The molecule has 1 aliphatic rings. The van der Waals surface area contributed by atoms with Crippen LogP contribution in [0.15, 0.2) is 43.0 Å². The standard InChI is InChI=1S/C16H23N/c1-2-7-16(17-13-15-10-6-11-15)12-14-8-4-3-5-9-14/h2-5,8-9,15-17H,1,6-7,10-13H2. The number of benzene rings is 1. The molecule has 0 saturated heterocycles. The predicted octanol–water partition coefficient (Wildman–Crippen LogP) is 3.56. The van der Waals surface area contributed by atoms with Crippen molar-refractivity contribution in [1.29, 1.82) is 0 Å². The van der Waals surface area contributed by atoms with Crippen molar-refractivity contribution in [3.05, 3.63) is 48.6 Å². The lowest BCUT2D eigenvalue weighted by Gasteiger charge is -2.28. The highest BCUT2D eigenvalue weighted by atomic mass is 14.9. The number of hydrogen-bond donors (Lipinski definition) is 1. The maximum atomic E-state index is 3.86. The molecule has 0 aliphatic heterocycles. The van der Waals surface area contributed by atoms with Gasteiger partial charge in [-0.05, 0) is 43.7 Å². The largest absolute Gasteiger partial charge is 0.313 e. The minimum atomic E-state index is 0.551. The highest BCUT2D eigenvalue weighted by Crippen LogP contribution is 2.25. The highest BCUT2D eigenvalue weighted by Gasteiger charge is 2.18. The summed E-state index contributed by atoms with van der Waals surface area (Å²) in [7, 11) is 0. The van der Waals surface area contributed by atoms with Gasteiger partial charge in [0.25, 0.3) is 0 Å². The molecule has 1 saturated carbocycles. The fourth-order valence-electron chi connectivity index (χ4n) is 2.37. The fourth-order valence-corrected chi connectivity index (χ4v) is 2.37. The van der Waals surface area contributed by atoms with Crippen molar-refractivity contribution >= 4 is 0 Å². The summed E-state index contributed by atoms with van der Waals surface area (Å²) >= 11 is 0. The quantitative estimate of drug-likeness (QED) is 0.705. The summed E-state index contributed by atoms with van der Waals surface area (Å²) in [4.78, 5) is 0. The average Bonchev–Trinajstić information content (AvgIpc) is 2.28. The molecule has 1 heteroatoms. The van der Waals surface area contributed by atoms with Gasteiger partial charge in [-0.3, -0.25) is 0 Å². The predicted molar refractivity (Wildman–Crippen MR) is 74.1 cm³/mol. The van der Waals surface area contributed by atoms with E-state index in [0.717, 1.165) is 18.8 Å². The van der Waals surface area contributed by atoms with Gasteiger partial charge in [-0.2, -0.15) is 0 Å². The minimum Gasteiger partial charge on any atom is -0.313 e. The Hall–Kier alpha value is -1.08. The van der Waals surface area contributed by atoms with Gasteiger partial charge in [0, 0.05) is 6.04 Å². The molecule has 0 heterocycles. The summed E-state index contributed by atoms with van der Waals surface area (Å²) in [6.07, 6.45) is 8.46. The van der Waals surface area contributed by atoms with Crippen LogP contribution in [0, 0.1) is 5.92 Å². The maximum Gasteiger partial charge on any atom is 0.0142 e. The molecule has 1 aromatic carbocycles. The Bertz CT molecular complexity index is 327. The molecule has 17 heavy (non-hydrogen) atoms. The topological polar surface area (TPSA) is 12.0 Å². The van der Waals surface area contributed by atoms with Crippen LogP contribution < -0.4 is 5.32 Å². The second-order valence-corrected chi connectivity index (χ2v) is 5.12. The summed E-state index contributed by atoms with van der Waals surface area (Å²) in [5, 5.41) is 3.70. The maximum absolute atomic E-state index is 3.86. The Morgan fingerprint density at radius 1 is 1.29 bits per heavy atom. The van der Waals surface area contributed by atoms with Crippen LogP contribution in [0.5, 0.6) is 0 Å². The lowest BCUT2D eigenvalue weighted by atomic mass is 9.85. The third-order valence-electron chi connectivity index (χ3n) is 3.70. The first-order valence-electron chi connectivity index (χ1n) is 6.76. The molecule has 2 rings (SSSR count). The summed E-state index contributed by atoms with van der Waals surface area (Å²) in [5.74, 6) is 0.929. The van der Waals surface area contributed by atoms with Gasteiger partial charge in [-0.25, -0.2) is 0 Å². The van der Waals surface area contributed by atoms with Crippen LogP contribution in [-0.2, 0) is 6.42 Å². The van der Waals surface area contributed by atoms with Gasteiger partial charge in [-0.15, -0.1) is 6.58 Å². The van der Waals surface area contributed by atoms with Crippen molar-refractivity contribution in [2.24, 2.45) is 5.92 Å². The Morgan fingerprint density at radius 2 is 2.06 bits per heavy atom. The molecule has 92 valence electrons. The van der Waals surface area contributed by atoms with Gasteiger partial charge < -0.3 is 5.32 Å². The van der Waals surface area contributed by atoms with Crippen molar-refractivity contribution in [1.82, 2.24) is 5.32 Å². The van der Waals surface area contributed by atoms with Crippen molar-refractivity contribution < 1.29 is 0 Å². The molecule has 1 aliphatic carbocycles. The number of nitrogens with one attached hydrogen (secondary N) is 1. The zero-order valence-electron chi connectivity index (χ0n) is 10.6. The van der Waals surface area contributed by atoms with Crippen LogP contribution in [-0.4, -0.2) is 12.6 Å². The molecule has 1 N–H and O–H groups in total. The molecule has 1 aromatic rings. The van der Waals surface area contributed by atoms with Crippen molar-refractivity contribution in [2.45, 2.75) is 38.1 Å². The van der Waals surface area contributed by atoms with Gasteiger partial charge in [-0.1, -0.05) is 42.8 Å². The van der Waals surface area contributed by atoms with E-state index in [0.29, 0.717) is 6.04 Å². The molecule has 0 amide bonds. The lowest BCUT2D eigenvalue weighted by Crippen LogP contribution is -2.36. The van der Waals surface area contributed by atoms with E-state index < -0.39 is 0 Å². The van der Waals surface area contributed by atoms with Crippen LogP contribution in [0.3, 0.4) is 0 Å². The fraction of sp³-hybridized carbons (Fsp3) is 0.500. The van der Waals surface area contributed by atoms with Crippen molar-refractivity contribution in [3.63, 3.8) is 0 Å². The SMILES string of the molecule is C=CCC(Cc1ccccc1)NCC1CCC1. The lowest BCUT2D eigenvalue weighted by molar-refractivity contribution is 0.288. The van der Waals surface area contributed by atoms with Gasteiger partial charge >= 0.3 is 0 Å². The first-order valence-corrected chi connectivity index (χ1v) is 6.76. The summed E-state index contributed by atoms with van der Waals surface area (Å²) in [5.41, 5.74) is 1.42. The highest BCUT2D eigenvalue weighted by molar-refractivity contribution is 5.16.